The summed E-state index contributed by atoms with van der Waals surface area (Å²) in [5.74, 6) is -1.64. The summed E-state index contributed by atoms with van der Waals surface area (Å²) in [6, 6.07) is 4.14. The zero-order valence-corrected chi connectivity index (χ0v) is 14.0. The largest absolute Gasteiger partial charge is 0.486 e. The van der Waals surface area contributed by atoms with E-state index in [0.717, 1.165) is 16.5 Å². The SMILES string of the molecule is Cn1cc(COc2ccc(NC3=CC(=O)N(CCO)C3=O)cc2F)cn1. The molecule has 1 aromatic carbocycles. The summed E-state index contributed by atoms with van der Waals surface area (Å²) in [6.07, 6.45) is 4.50. The molecular formula is C17H17FN4O4. The minimum atomic E-state index is -0.608. The first-order valence-corrected chi connectivity index (χ1v) is 7.83. The van der Waals surface area contributed by atoms with Gasteiger partial charge in [-0.25, -0.2) is 4.39 Å². The van der Waals surface area contributed by atoms with E-state index < -0.39 is 17.6 Å². The number of nitrogens with one attached hydrogen (secondary N) is 1. The highest BCUT2D eigenvalue weighted by atomic mass is 19.1. The average Bonchev–Trinajstić information content (AvgIpc) is 3.13. The molecule has 2 heterocycles. The molecule has 2 aromatic rings. The van der Waals surface area contributed by atoms with Crippen molar-refractivity contribution < 1.29 is 23.8 Å². The van der Waals surface area contributed by atoms with Gasteiger partial charge in [-0.05, 0) is 12.1 Å². The van der Waals surface area contributed by atoms with Crippen molar-refractivity contribution in [1.29, 1.82) is 0 Å². The number of benzene rings is 1. The Morgan fingerprint density at radius 3 is 2.81 bits per heavy atom. The van der Waals surface area contributed by atoms with Gasteiger partial charge >= 0.3 is 0 Å². The zero-order chi connectivity index (χ0) is 18.7. The number of aliphatic hydroxyl groups is 1. The number of halogens is 1. The van der Waals surface area contributed by atoms with E-state index in [0.29, 0.717) is 5.69 Å². The lowest BCUT2D eigenvalue weighted by atomic mass is 10.2. The van der Waals surface area contributed by atoms with Crippen molar-refractivity contribution in [2.45, 2.75) is 6.61 Å². The quantitative estimate of drug-likeness (QED) is 0.709. The number of aliphatic hydroxyl groups excluding tert-OH is 1. The van der Waals surface area contributed by atoms with Crippen molar-refractivity contribution in [3.8, 4) is 5.75 Å². The summed E-state index contributed by atoms with van der Waals surface area (Å²) < 4.78 is 21.2. The predicted molar refractivity (Wildman–Crippen MR) is 89.5 cm³/mol. The number of hydrogen-bond donors (Lipinski definition) is 2. The van der Waals surface area contributed by atoms with Gasteiger partial charge in [-0.15, -0.1) is 0 Å². The molecular weight excluding hydrogens is 343 g/mol. The maximum Gasteiger partial charge on any atom is 0.277 e. The van der Waals surface area contributed by atoms with Crippen LogP contribution in [0, 0.1) is 5.82 Å². The van der Waals surface area contributed by atoms with Crippen molar-refractivity contribution in [3.63, 3.8) is 0 Å². The van der Waals surface area contributed by atoms with E-state index in [2.05, 4.69) is 10.4 Å². The van der Waals surface area contributed by atoms with E-state index in [4.69, 9.17) is 9.84 Å². The summed E-state index contributed by atoms with van der Waals surface area (Å²) in [4.78, 5) is 24.7. The highest BCUT2D eigenvalue weighted by molar-refractivity contribution is 6.17. The van der Waals surface area contributed by atoms with Crippen LogP contribution in [0.1, 0.15) is 5.56 Å². The van der Waals surface area contributed by atoms with Gasteiger partial charge in [-0.3, -0.25) is 19.2 Å². The summed E-state index contributed by atoms with van der Waals surface area (Å²) in [7, 11) is 1.77. The molecule has 3 rings (SSSR count). The molecule has 0 spiro atoms. The smallest absolute Gasteiger partial charge is 0.277 e. The number of amides is 2. The summed E-state index contributed by atoms with van der Waals surface area (Å²) >= 11 is 0. The third kappa shape index (κ3) is 3.72. The lowest BCUT2D eigenvalue weighted by Gasteiger charge is -2.14. The lowest BCUT2D eigenvalue weighted by molar-refractivity contribution is -0.137. The van der Waals surface area contributed by atoms with Gasteiger partial charge in [-0.1, -0.05) is 0 Å². The molecule has 1 aromatic heterocycles. The van der Waals surface area contributed by atoms with Crippen LogP contribution in [0.25, 0.3) is 0 Å². The van der Waals surface area contributed by atoms with Crippen molar-refractivity contribution >= 4 is 17.5 Å². The Kier molecular flexibility index (Phi) is 4.99. The van der Waals surface area contributed by atoms with Crippen molar-refractivity contribution in [2.24, 2.45) is 7.05 Å². The lowest BCUT2D eigenvalue weighted by Crippen LogP contribution is -2.34. The highest BCUT2D eigenvalue weighted by Gasteiger charge is 2.30. The van der Waals surface area contributed by atoms with Crippen molar-refractivity contribution in [2.75, 3.05) is 18.5 Å². The Morgan fingerprint density at radius 2 is 2.15 bits per heavy atom. The number of carbonyl (C=O) groups excluding carboxylic acids is 2. The van der Waals surface area contributed by atoms with E-state index >= 15 is 0 Å². The molecule has 0 atom stereocenters. The minimum Gasteiger partial charge on any atom is -0.486 e. The number of aromatic nitrogens is 2. The second-order valence-corrected chi connectivity index (χ2v) is 5.66. The van der Waals surface area contributed by atoms with E-state index in [1.54, 1.807) is 24.1 Å². The first-order valence-electron chi connectivity index (χ1n) is 7.83. The van der Waals surface area contributed by atoms with Gasteiger partial charge in [0.25, 0.3) is 11.8 Å². The van der Waals surface area contributed by atoms with Crippen LogP contribution in [0.3, 0.4) is 0 Å². The Morgan fingerprint density at radius 1 is 1.35 bits per heavy atom. The van der Waals surface area contributed by atoms with Crippen LogP contribution in [-0.2, 0) is 23.2 Å². The summed E-state index contributed by atoms with van der Waals surface area (Å²) in [6.45, 7) is -0.239. The Bertz CT molecular complexity index is 877. The van der Waals surface area contributed by atoms with Crippen molar-refractivity contribution in [3.05, 3.63) is 53.7 Å². The molecule has 1 aliphatic rings. The normalized spacial score (nSPS) is 14.0. The Balaban J connectivity index is 1.65. The van der Waals surface area contributed by atoms with Gasteiger partial charge in [0, 0.05) is 36.6 Å². The summed E-state index contributed by atoms with van der Waals surface area (Å²) in [5, 5.41) is 15.6. The molecule has 0 bridgehead atoms. The van der Waals surface area contributed by atoms with E-state index in [1.165, 1.54) is 18.2 Å². The number of rotatable bonds is 7. The molecule has 9 heteroatoms. The molecule has 26 heavy (non-hydrogen) atoms. The topological polar surface area (TPSA) is 96.7 Å². The minimum absolute atomic E-state index is 0.0203. The van der Waals surface area contributed by atoms with Gasteiger partial charge in [0.05, 0.1) is 19.3 Å². The number of anilines is 1. The molecule has 8 nitrogen and oxygen atoms in total. The monoisotopic (exact) mass is 360 g/mol. The van der Waals surface area contributed by atoms with Gasteiger partial charge in [0.1, 0.15) is 12.3 Å². The maximum absolute atomic E-state index is 14.2. The molecule has 0 fully saturated rings. The molecule has 0 unspecified atom stereocenters. The van der Waals surface area contributed by atoms with E-state index in [1.807, 2.05) is 0 Å². The number of ether oxygens (including phenoxy) is 1. The molecule has 2 amide bonds. The van der Waals surface area contributed by atoms with Crippen LogP contribution in [0.2, 0.25) is 0 Å². The molecule has 0 aliphatic carbocycles. The molecule has 0 radical (unpaired) electrons. The standard InChI is InChI=1S/C17H17FN4O4/c1-21-9-11(8-19-21)10-26-15-3-2-12(6-13(15)18)20-14-7-16(24)22(4-5-23)17(14)25/h2-3,6-9,20,23H,4-5,10H2,1H3. The summed E-state index contributed by atoms with van der Waals surface area (Å²) in [5.41, 5.74) is 1.12. The van der Waals surface area contributed by atoms with Crippen LogP contribution in [0.4, 0.5) is 10.1 Å². The predicted octanol–water partition coefficient (Wildman–Crippen LogP) is 0.795. The number of β-amino-alcohol motifs (C(OH)–C–C–N with tert-alkyl or cyclic N) is 1. The van der Waals surface area contributed by atoms with E-state index in [-0.39, 0.29) is 31.2 Å². The van der Waals surface area contributed by atoms with Crippen LogP contribution in [0.15, 0.2) is 42.4 Å². The number of nitrogens with zero attached hydrogens (tertiary/aromatic N) is 3. The first-order chi connectivity index (χ1) is 12.5. The van der Waals surface area contributed by atoms with Gasteiger partial charge in [0.2, 0.25) is 0 Å². The number of aryl methyl sites for hydroxylation is 1. The molecule has 0 saturated heterocycles. The second-order valence-electron chi connectivity index (χ2n) is 5.66. The Hall–Kier alpha value is -3.20. The molecule has 1 aliphatic heterocycles. The second kappa shape index (κ2) is 7.36. The molecule has 0 saturated carbocycles. The fourth-order valence-corrected chi connectivity index (χ4v) is 2.47. The fourth-order valence-electron chi connectivity index (χ4n) is 2.47. The Labute approximate surface area is 148 Å². The maximum atomic E-state index is 14.2. The number of carbonyl (C=O) groups is 2. The third-order valence-electron chi connectivity index (χ3n) is 3.70. The van der Waals surface area contributed by atoms with Crippen LogP contribution < -0.4 is 10.1 Å². The van der Waals surface area contributed by atoms with Gasteiger partial charge < -0.3 is 15.2 Å². The van der Waals surface area contributed by atoms with Crippen LogP contribution >= 0.6 is 0 Å². The molecule has 2 N–H and O–H groups in total. The van der Waals surface area contributed by atoms with Crippen LogP contribution in [0.5, 0.6) is 5.75 Å². The van der Waals surface area contributed by atoms with Crippen molar-refractivity contribution in [1.82, 2.24) is 14.7 Å². The number of hydrogen-bond acceptors (Lipinski definition) is 6. The van der Waals surface area contributed by atoms with E-state index in [9.17, 15) is 14.0 Å². The third-order valence-corrected chi connectivity index (χ3v) is 3.70. The first kappa shape index (κ1) is 17.6. The average molecular weight is 360 g/mol. The zero-order valence-electron chi connectivity index (χ0n) is 14.0. The van der Waals surface area contributed by atoms with Crippen LogP contribution in [-0.4, -0.2) is 44.8 Å². The molecule has 136 valence electrons. The number of imide groups is 1. The van der Waals surface area contributed by atoms with Gasteiger partial charge in [-0.2, -0.15) is 5.10 Å². The highest BCUT2D eigenvalue weighted by Crippen LogP contribution is 2.24. The van der Waals surface area contributed by atoms with Gasteiger partial charge in [0.15, 0.2) is 11.6 Å². The fraction of sp³-hybridized carbons (Fsp3) is 0.235.